The Hall–Kier alpha value is -2.78. The number of primary amides is 1. The van der Waals surface area contributed by atoms with Gasteiger partial charge in [-0.2, -0.15) is 13.2 Å². The van der Waals surface area contributed by atoms with Crippen LogP contribution < -0.4 is 17.0 Å². The maximum atomic E-state index is 13.1. The first-order valence-corrected chi connectivity index (χ1v) is 5.41. The van der Waals surface area contributed by atoms with Crippen LogP contribution in [0.2, 0.25) is 0 Å². The highest BCUT2D eigenvalue weighted by atomic mass is 19.4. The van der Waals surface area contributed by atoms with E-state index in [0.717, 1.165) is 12.1 Å². The predicted molar refractivity (Wildman–Crippen MR) is 60.6 cm³/mol. The molecule has 0 bridgehead atoms. The van der Waals surface area contributed by atoms with Crippen molar-refractivity contribution in [3.63, 3.8) is 0 Å². The number of hydrogen-bond acceptors (Lipinski definition) is 5. The van der Waals surface area contributed by atoms with Gasteiger partial charge in [-0.1, -0.05) is 17.0 Å². The standard InChI is InChI=1S/C11H7F3N2O5/c12-11(13,14)7-5(2-1-3-6(7)8(15)17)4-16-20-9(18)10(19)21-16/h1-3H,4H2,(H2,15,17). The van der Waals surface area contributed by atoms with Gasteiger partial charge in [0.1, 0.15) is 6.54 Å². The molecule has 0 saturated carbocycles. The molecule has 0 fully saturated rings. The molecule has 0 spiro atoms. The molecule has 0 radical (unpaired) electrons. The molecule has 1 amide bonds. The highest BCUT2D eigenvalue weighted by Gasteiger charge is 2.37. The number of benzene rings is 1. The summed E-state index contributed by atoms with van der Waals surface area (Å²) in [6.45, 7) is -0.701. The molecule has 21 heavy (non-hydrogen) atoms. The first-order valence-electron chi connectivity index (χ1n) is 5.41. The van der Waals surface area contributed by atoms with Gasteiger partial charge in [0.25, 0.3) is 0 Å². The number of nitrogens with zero attached hydrogens (tertiary/aromatic N) is 1. The lowest BCUT2D eigenvalue weighted by molar-refractivity contribution is -0.138. The van der Waals surface area contributed by atoms with Crippen molar-refractivity contribution in [2.75, 3.05) is 0 Å². The topological polar surface area (TPSA) is 108 Å². The third kappa shape index (κ3) is 2.88. The van der Waals surface area contributed by atoms with Crippen LogP contribution in [0, 0.1) is 0 Å². The fourth-order valence-corrected chi connectivity index (χ4v) is 1.75. The Bertz CT molecular complexity index is 772. The minimum Gasteiger partial charge on any atom is -0.366 e. The van der Waals surface area contributed by atoms with Crippen LogP contribution in [0.25, 0.3) is 0 Å². The summed E-state index contributed by atoms with van der Waals surface area (Å²) in [4.78, 5) is 33.0. The van der Waals surface area contributed by atoms with E-state index >= 15 is 0 Å². The molecule has 0 aliphatic carbocycles. The smallest absolute Gasteiger partial charge is 0.366 e. The maximum absolute atomic E-state index is 13.1. The molecule has 0 saturated heterocycles. The lowest BCUT2D eigenvalue weighted by Crippen LogP contribution is -2.21. The highest BCUT2D eigenvalue weighted by Crippen LogP contribution is 2.35. The van der Waals surface area contributed by atoms with Crippen LogP contribution in [-0.2, 0) is 12.7 Å². The van der Waals surface area contributed by atoms with E-state index in [9.17, 15) is 27.6 Å². The number of amides is 1. The van der Waals surface area contributed by atoms with Gasteiger partial charge in [-0.25, -0.2) is 9.59 Å². The molecule has 0 aliphatic heterocycles. The van der Waals surface area contributed by atoms with Crippen molar-refractivity contribution in [2.24, 2.45) is 5.73 Å². The average Bonchev–Trinajstić information content (AvgIpc) is 2.66. The van der Waals surface area contributed by atoms with Crippen LogP contribution in [-0.4, -0.2) is 10.8 Å². The maximum Gasteiger partial charge on any atom is 0.446 e. The first-order chi connectivity index (χ1) is 9.70. The summed E-state index contributed by atoms with van der Waals surface area (Å²) in [7, 11) is 0. The van der Waals surface area contributed by atoms with E-state index in [-0.39, 0.29) is 0 Å². The summed E-state index contributed by atoms with van der Waals surface area (Å²) in [5.74, 6) is -1.26. The Morgan fingerprint density at radius 2 is 1.76 bits per heavy atom. The van der Waals surface area contributed by atoms with Gasteiger partial charge in [0.2, 0.25) is 5.91 Å². The fraction of sp³-hybridized carbons (Fsp3) is 0.182. The Kier molecular flexibility index (Phi) is 3.45. The number of halogens is 3. The van der Waals surface area contributed by atoms with E-state index in [1.165, 1.54) is 6.07 Å². The number of aromatic nitrogens is 1. The molecule has 112 valence electrons. The lowest BCUT2D eigenvalue weighted by atomic mass is 10.00. The summed E-state index contributed by atoms with van der Waals surface area (Å²) >= 11 is 0. The number of carbonyl (C=O) groups excluding carboxylic acids is 1. The number of hydrogen-bond donors (Lipinski definition) is 1. The summed E-state index contributed by atoms with van der Waals surface area (Å²) < 4.78 is 47.7. The molecule has 2 rings (SSSR count). The van der Waals surface area contributed by atoms with Crippen molar-refractivity contribution in [2.45, 2.75) is 12.7 Å². The van der Waals surface area contributed by atoms with Crippen molar-refractivity contribution in [1.29, 1.82) is 0 Å². The zero-order valence-corrected chi connectivity index (χ0v) is 10.1. The predicted octanol–water partition coefficient (Wildman–Crippen LogP) is 0.561. The van der Waals surface area contributed by atoms with Gasteiger partial charge in [0.15, 0.2) is 0 Å². The van der Waals surface area contributed by atoms with Crippen molar-refractivity contribution in [3.05, 3.63) is 55.7 Å². The largest absolute Gasteiger partial charge is 0.446 e. The van der Waals surface area contributed by atoms with Crippen molar-refractivity contribution < 1.29 is 27.0 Å². The monoisotopic (exact) mass is 304 g/mol. The second-order valence-corrected chi connectivity index (χ2v) is 3.95. The minimum absolute atomic E-state index is 0.292. The third-order valence-electron chi connectivity index (χ3n) is 2.54. The molecule has 0 unspecified atom stereocenters. The molecule has 2 aromatic rings. The van der Waals surface area contributed by atoms with Crippen LogP contribution in [0.4, 0.5) is 13.2 Å². The number of alkyl halides is 3. The zero-order valence-electron chi connectivity index (χ0n) is 10.1. The van der Waals surface area contributed by atoms with Crippen molar-refractivity contribution in [3.8, 4) is 0 Å². The number of nitrogens with two attached hydrogens (primary N) is 1. The van der Waals surface area contributed by atoms with E-state index in [2.05, 4.69) is 9.05 Å². The molecule has 1 aromatic carbocycles. The fourth-order valence-electron chi connectivity index (χ4n) is 1.75. The molecule has 2 N–H and O–H groups in total. The van der Waals surface area contributed by atoms with Crippen molar-refractivity contribution in [1.82, 2.24) is 4.91 Å². The Balaban J connectivity index is 2.58. The molecule has 10 heteroatoms. The van der Waals surface area contributed by atoms with Gasteiger partial charge in [-0.15, -0.1) is 0 Å². The van der Waals surface area contributed by atoms with Gasteiger partial charge >= 0.3 is 17.4 Å². The van der Waals surface area contributed by atoms with Crippen molar-refractivity contribution >= 4 is 5.91 Å². The Morgan fingerprint density at radius 3 is 2.24 bits per heavy atom. The van der Waals surface area contributed by atoms with Gasteiger partial charge in [-0.05, 0) is 11.6 Å². The number of rotatable bonds is 3. The lowest BCUT2D eigenvalue weighted by Gasteiger charge is -2.15. The van der Waals surface area contributed by atoms with E-state index < -0.39 is 46.6 Å². The third-order valence-corrected chi connectivity index (χ3v) is 2.54. The molecule has 1 aromatic heterocycles. The minimum atomic E-state index is -4.87. The molecular weight excluding hydrogens is 297 g/mol. The molecule has 7 nitrogen and oxygen atoms in total. The first kappa shape index (κ1) is 14.6. The summed E-state index contributed by atoms with van der Waals surface area (Å²) in [5.41, 5.74) is -0.259. The van der Waals surface area contributed by atoms with Gasteiger partial charge in [-0.3, -0.25) is 13.8 Å². The van der Waals surface area contributed by atoms with E-state index in [1.807, 2.05) is 0 Å². The summed E-state index contributed by atoms with van der Waals surface area (Å²) in [6.07, 6.45) is -4.87. The summed E-state index contributed by atoms with van der Waals surface area (Å²) in [5, 5.41) is 0. The Morgan fingerprint density at radius 1 is 1.19 bits per heavy atom. The normalized spacial score (nSPS) is 11.6. The average molecular weight is 304 g/mol. The second-order valence-electron chi connectivity index (χ2n) is 3.95. The van der Waals surface area contributed by atoms with Crippen LogP contribution in [0.5, 0.6) is 0 Å². The summed E-state index contributed by atoms with van der Waals surface area (Å²) in [6, 6.07) is 3.12. The highest BCUT2D eigenvalue weighted by molar-refractivity contribution is 5.94. The Labute approximate surface area is 113 Å². The van der Waals surface area contributed by atoms with E-state index in [4.69, 9.17) is 5.73 Å². The molecule has 0 atom stereocenters. The van der Waals surface area contributed by atoms with Crippen LogP contribution in [0.1, 0.15) is 21.5 Å². The van der Waals surface area contributed by atoms with Gasteiger partial charge in [0, 0.05) is 0 Å². The quantitative estimate of drug-likeness (QED) is 0.833. The SMILES string of the molecule is NC(=O)c1cccc(Cn2oc(=O)c(=O)o2)c1C(F)(F)F. The molecule has 0 aliphatic rings. The van der Waals surface area contributed by atoms with E-state index in [1.54, 1.807) is 0 Å². The second kappa shape index (κ2) is 4.96. The van der Waals surface area contributed by atoms with E-state index in [0.29, 0.717) is 4.91 Å². The van der Waals surface area contributed by atoms with Crippen LogP contribution >= 0.6 is 0 Å². The van der Waals surface area contributed by atoms with Gasteiger partial charge < -0.3 is 5.73 Å². The van der Waals surface area contributed by atoms with Crippen LogP contribution in [0.15, 0.2) is 36.8 Å². The molecular formula is C11H7F3N2O5. The molecule has 1 heterocycles. The van der Waals surface area contributed by atoms with Gasteiger partial charge in [0.05, 0.1) is 11.1 Å². The van der Waals surface area contributed by atoms with Crippen LogP contribution in [0.3, 0.4) is 0 Å². The number of carbonyl (C=O) groups is 1. The zero-order chi connectivity index (χ0) is 15.8.